The zero-order chi connectivity index (χ0) is 22.1. The van der Waals surface area contributed by atoms with Crippen molar-refractivity contribution in [1.29, 1.82) is 0 Å². The Labute approximate surface area is 186 Å². The molecule has 2 aliphatic rings. The molecule has 1 aromatic carbocycles. The summed E-state index contributed by atoms with van der Waals surface area (Å²) in [6.07, 6.45) is 4.76. The molecule has 1 saturated heterocycles. The highest BCUT2D eigenvalue weighted by atomic mass is 79.9. The fourth-order valence-corrected chi connectivity index (χ4v) is 4.34. The van der Waals surface area contributed by atoms with Gasteiger partial charge in [0.25, 0.3) is 0 Å². The Kier molecular flexibility index (Phi) is 5.95. The molecular formula is C22H20BrNO7. The van der Waals surface area contributed by atoms with E-state index in [-0.39, 0.29) is 30.8 Å². The van der Waals surface area contributed by atoms with Gasteiger partial charge in [0.2, 0.25) is 17.6 Å². The Hall–Kier alpha value is -2.94. The molecule has 0 saturated carbocycles. The zero-order valence-electron chi connectivity index (χ0n) is 16.8. The summed E-state index contributed by atoms with van der Waals surface area (Å²) in [5, 5.41) is 0.593. The molecule has 1 aliphatic heterocycles. The van der Waals surface area contributed by atoms with Crippen LogP contribution in [0.4, 0.5) is 0 Å². The van der Waals surface area contributed by atoms with Gasteiger partial charge in [-0.15, -0.1) is 0 Å². The van der Waals surface area contributed by atoms with Crippen molar-refractivity contribution >= 4 is 50.7 Å². The van der Waals surface area contributed by atoms with Crippen LogP contribution in [0.1, 0.15) is 35.9 Å². The Balaban J connectivity index is 1.50. The molecule has 2 aromatic rings. The molecule has 162 valence electrons. The van der Waals surface area contributed by atoms with Gasteiger partial charge in [-0.1, -0.05) is 28.1 Å². The average molecular weight is 490 g/mol. The van der Waals surface area contributed by atoms with Crippen LogP contribution in [-0.2, 0) is 30.5 Å². The second-order valence-corrected chi connectivity index (χ2v) is 8.27. The lowest BCUT2D eigenvalue weighted by molar-refractivity contribution is -0.153. The van der Waals surface area contributed by atoms with Crippen molar-refractivity contribution in [1.82, 2.24) is 4.90 Å². The quantitative estimate of drug-likeness (QED) is 0.348. The molecule has 4 rings (SSSR count). The fraction of sp³-hybridized carbons (Fsp3) is 0.364. The number of nitrogens with zero attached hydrogens (tertiary/aromatic N) is 1. The number of benzene rings is 1. The Morgan fingerprint density at radius 3 is 2.45 bits per heavy atom. The number of allylic oxidation sites excluding steroid dienone is 2. The number of amides is 2. The number of fused-ring (bicyclic) bond motifs is 2. The summed E-state index contributed by atoms with van der Waals surface area (Å²) in [7, 11) is 0. The Morgan fingerprint density at radius 1 is 1.13 bits per heavy atom. The van der Waals surface area contributed by atoms with Gasteiger partial charge in [0.1, 0.15) is 18.7 Å². The highest BCUT2D eigenvalue weighted by Crippen LogP contribution is 2.35. The Morgan fingerprint density at radius 2 is 1.81 bits per heavy atom. The monoisotopic (exact) mass is 489 g/mol. The fourth-order valence-electron chi connectivity index (χ4n) is 3.98. The number of carbonyl (C=O) groups excluding carboxylic acids is 4. The smallest absolute Gasteiger partial charge is 0.374 e. The highest BCUT2D eigenvalue weighted by Gasteiger charge is 2.47. The van der Waals surface area contributed by atoms with Crippen LogP contribution in [0.5, 0.6) is 0 Å². The van der Waals surface area contributed by atoms with Crippen LogP contribution in [0.2, 0.25) is 0 Å². The molecule has 2 heterocycles. The predicted octanol–water partition coefficient (Wildman–Crippen LogP) is 3.37. The van der Waals surface area contributed by atoms with Crippen LogP contribution in [0.3, 0.4) is 0 Å². The SMILES string of the molecule is CCOC(=O)c1oc2ccc(Br)cc2c1COC(=O)CN1C(=O)C2CC=CCC2C1=O. The van der Waals surface area contributed by atoms with Crippen molar-refractivity contribution in [3.63, 3.8) is 0 Å². The van der Waals surface area contributed by atoms with Crippen LogP contribution in [0.25, 0.3) is 11.0 Å². The third-order valence-corrected chi connectivity index (χ3v) is 5.97. The minimum atomic E-state index is -0.743. The van der Waals surface area contributed by atoms with Crippen molar-refractivity contribution < 1.29 is 33.1 Å². The normalized spacial score (nSPS) is 20.3. The first-order valence-corrected chi connectivity index (χ1v) is 10.7. The molecule has 2 atom stereocenters. The number of rotatable bonds is 6. The zero-order valence-corrected chi connectivity index (χ0v) is 18.3. The lowest BCUT2D eigenvalue weighted by atomic mass is 9.85. The van der Waals surface area contributed by atoms with E-state index in [1.54, 1.807) is 25.1 Å². The van der Waals surface area contributed by atoms with Crippen LogP contribution >= 0.6 is 15.9 Å². The number of halogens is 1. The van der Waals surface area contributed by atoms with Crippen LogP contribution < -0.4 is 0 Å². The lowest BCUT2D eigenvalue weighted by Gasteiger charge is -2.14. The number of likely N-dealkylation sites (tertiary alicyclic amines) is 1. The van der Waals surface area contributed by atoms with E-state index in [9.17, 15) is 19.2 Å². The maximum Gasteiger partial charge on any atom is 0.374 e. The van der Waals surface area contributed by atoms with Gasteiger partial charge >= 0.3 is 11.9 Å². The molecule has 1 fully saturated rings. The van der Waals surface area contributed by atoms with Gasteiger partial charge in [0.15, 0.2) is 0 Å². The molecule has 0 spiro atoms. The number of hydrogen-bond acceptors (Lipinski definition) is 7. The number of carbonyl (C=O) groups is 4. The lowest BCUT2D eigenvalue weighted by Crippen LogP contribution is -2.36. The van der Waals surface area contributed by atoms with E-state index in [1.165, 1.54) is 0 Å². The summed E-state index contributed by atoms with van der Waals surface area (Å²) >= 11 is 3.37. The largest absolute Gasteiger partial charge is 0.460 e. The highest BCUT2D eigenvalue weighted by molar-refractivity contribution is 9.10. The standard InChI is InChI=1S/C22H20BrNO7/c1-2-29-22(28)19-16(15-9-12(23)7-8-17(15)31-19)11-30-18(25)10-24-20(26)13-5-3-4-6-14(13)21(24)27/h3-4,7-9,13-14H,2,5-6,10-11H2,1H3. The van der Waals surface area contributed by atoms with Crippen LogP contribution in [0, 0.1) is 11.8 Å². The van der Waals surface area contributed by atoms with E-state index in [1.807, 2.05) is 12.2 Å². The molecular weight excluding hydrogens is 470 g/mol. The van der Waals surface area contributed by atoms with Gasteiger partial charge in [-0.05, 0) is 38.0 Å². The number of furan rings is 1. The molecule has 1 aromatic heterocycles. The summed E-state index contributed by atoms with van der Waals surface area (Å²) in [4.78, 5) is 50.8. The summed E-state index contributed by atoms with van der Waals surface area (Å²) in [6, 6.07) is 5.19. The van der Waals surface area contributed by atoms with Crippen molar-refractivity contribution in [2.75, 3.05) is 13.2 Å². The molecule has 1 aliphatic carbocycles. The van der Waals surface area contributed by atoms with E-state index in [0.29, 0.717) is 29.4 Å². The van der Waals surface area contributed by atoms with Gasteiger partial charge in [-0.3, -0.25) is 19.3 Å². The average Bonchev–Trinajstić information content (AvgIpc) is 3.23. The van der Waals surface area contributed by atoms with Crippen molar-refractivity contribution in [2.24, 2.45) is 11.8 Å². The van der Waals surface area contributed by atoms with Gasteiger partial charge < -0.3 is 13.9 Å². The van der Waals surface area contributed by atoms with Gasteiger partial charge in [0, 0.05) is 9.86 Å². The van der Waals surface area contributed by atoms with E-state index in [0.717, 1.165) is 9.37 Å². The topological polar surface area (TPSA) is 103 Å². The maximum absolute atomic E-state index is 12.5. The number of esters is 2. The first kappa shape index (κ1) is 21.3. The summed E-state index contributed by atoms with van der Waals surface area (Å²) in [5.74, 6) is -2.96. The molecule has 2 unspecified atom stereocenters. The van der Waals surface area contributed by atoms with Crippen molar-refractivity contribution in [2.45, 2.75) is 26.4 Å². The molecule has 0 bridgehead atoms. The van der Waals surface area contributed by atoms with Crippen molar-refractivity contribution in [3.05, 3.63) is 46.1 Å². The maximum atomic E-state index is 12.5. The van der Waals surface area contributed by atoms with Crippen LogP contribution in [0.15, 0.2) is 39.2 Å². The summed E-state index contributed by atoms with van der Waals surface area (Å²) < 4.78 is 16.7. The molecule has 2 amide bonds. The van der Waals surface area contributed by atoms with E-state index in [2.05, 4.69) is 15.9 Å². The van der Waals surface area contributed by atoms with Crippen molar-refractivity contribution in [3.8, 4) is 0 Å². The van der Waals surface area contributed by atoms with Gasteiger partial charge in [0.05, 0.1) is 24.0 Å². The van der Waals surface area contributed by atoms with E-state index >= 15 is 0 Å². The molecule has 9 heteroatoms. The number of hydrogen-bond donors (Lipinski definition) is 0. The summed E-state index contributed by atoms with van der Waals surface area (Å²) in [5.41, 5.74) is 0.804. The second-order valence-electron chi connectivity index (χ2n) is 7.35. The van der Waals surface area contributed by atoms with Crippen LogP contribution in [-0.4, -0.2) is 41.8 Å². The predicted molar refractivity (Wildman–Crippen MR) is 112 cm³/mol. The first-order chi connectivity index (χ1) is 14.9. The minimum Gasteiger partial charge on any atom is -0.460 e. The van der Waals surface area contributed by atoms with E-state index in [4.69, 9.17) is 13.9 Å². The van der Waals surface area contributed by atoms with E-state index < -0.39 is 30.3 Å². The summed E-state index contributed by atoms with van der Waals surface area (Å²) in [6.45, 7) is 1.11. The molecule has 8 nitrogen and oxygen atoms in total. The van der Waals surface area contributed by atoms with Gasteiger partial charge in [-0.25, -0.2) is 4.79 Å². The molecule has 0 radical (unpaired) electrons. The minimum absolute atomic E-state index is 0.0480. The third kappa shape index (κ3) is 4.01. The number of imide groups is 1. The third-order valence-electron chi connectivity index (χ3n) is 5.48. The van der Waals surface area contributed by atoms with Gasteiger partial charge in [-0.2, -0.15) is 0 Å². The molecule has 0 N–H and O–H groups in total. The second kappa shape index (κ2) is 8.66. The molecule has 31 heavy (non-hydrogen) atoms. The first-order valence-electron chi connectivity index (χ1n) is 9.94. The number of ether oxygens (including phenoxy) is 2. The Bertz CT molecular complexity index is 1080.